The van der Waals surface area contributed by atoms with E-state index in [1.807, 2.05) is 24.3 Å². The van der Waals surface area contributed by atoms with Gasteiger partial charge in [-0.1, -0.05) is 84.9 Å². The van der Waals surface area contributed by atoms with E-state index in [1.54, 1.807) is 0 Å². The van der Waals surface area contributed by atoms with Crippen molar-refractivity contribution in [3.05, 3.63) is 144 Å². The molecule has 0 heterocycles. The fourth-order valence-corrected chi connectivity index (χ4v) is 6.62. The van der Waals surface area contributed by atoms with E-state index in [-0.39, 0.29) is 0 Å². The molecule has 0 radical (unpaired) electrons. The van der Waals surface area contributed by atoms with E-state index < -0.39 is 0 Å². The molecule has 2 aliphatic carbocycles. The van der Waals surface area contributed by atoms with Crippen LogP contribution in [0.3, 0.4) is 0 Å². The lowest BCUT2D eigenvalue weighted by atomic mass is 9.94. The van der Waals surface area contributed by atoms with Gasteiger partial charge in [-0.15, -0.1) is 0 Å². The average Bonchev–Trinajstić information content (AvgIpc) is 3.58. The number of fused-ring (bicyclic) bond motifs is 6. The number of nitrogens with two attached hydrogens (primary N) is 2. The van der Waals surface area contributed by atoms with Crippen molar-refractivity contribution in [1.29, 1.82) is 0 Å². The molecule has 6 aromatic carbocycles. The van der Waals surface area contributed by atoms with E-state index in [4.69, 9.17) is 16.2 Å². The molecule has 3 nitrogen and oxygen atoms in total. The molecule has 2 aliphatic rings. The summed E-state index contributed by atoms with van der Waals surface area (Å²) in [7, 11) is 0. The van der Waals surface area contributed by atoms with Crippen LogP contribution in [-0.2, 0) is 12.8 Å². The predicted molar refractivity (Wildman–Crippen MR) is 169 cm³/mol. The summed E-state index contributed by atoms with van der Waals surface area (Å²) in [4.78, 5) is 0. The first-order valence-electron chi connectivity index (χ1n) is 14.0. The van der Waals surface area contributed by atoms with Gasteiger partial charge in [0.05, 0.1) is 0 Å². The van der Waals surface area contributed by atoms with Crippen molar-refractivity contribution in [2.24, 2.45) is 0 Å². The molecule has 196 valence electrons. The highest BCUT2D eigenvalue weighted by Crippen LogP contribution is 2.45. The number of hydrogen-bond donors (Lipinski definition) is 2. The third-order valence-corrected chi connectivity index (χ3v) is 8.57. The Bertz CT molecular complexity index is 1860. The van der Waals surface area contributed by atoms with Gasteiger partial charge >= 0.3 is 0 Å². The van der Waals surface area contributed by atoms with E-state index in [1.165, 1.54) is 44.5 Å². The minimum Gasteiger partial charge on any atom is -0.457 e. The van der Waals surface area contributed by atoms with Gasteiger partial charge in [0.2, 0.25) is 0 Å². The fourth-order valence-electron chi connectivity index (χ4n) is 6.62. The van der Waals surface area contributed by atoms with Crippen LogP contribution in [0.4, 0.5) is 11.4 Å². The van der Waals surface area contributed by atoms with Crippen molar-refractivity contribution >= 4 is 11.4 Å². The fraction of sp³-hybridized carbons (Fsp3) is 0.0526. The third kappa shape index (κ3) is 3.81. The molecule has 3 heteroatoms. The topological polar surface area (TPSA) is 61.3 Å². The summed E-state index contributed by atoms with van der Waals surface area (Å²) in [5.74, 6) is 1.48. The van der Waals surface area contributed by atoms with Crippen LogP contribution >= 0.6 is 0 Å². The molecule has 0 spiro atoms. The lowest BCUT2D eigenvalue weighted by molar-refractivity contribution is 0.483. The summed E-state index contributed by atoms with van der Waals surface area (Å²) in [6.07, 6.45) is 1.80. The highest BCUT2D eigenvalue weighted by molar-refractivity contribution is 5.90. The van der Waals surface area contributed by atoms with Crippen LogP contribution in [0.2, 0.25) is 0 Å². The highest BCUT2D eigenvalue weighted by atomic mass is 16.5. The van der Waals surface area contributed by atoms with Crippen LogP contribution in [0.5, 0.6) is 11.5 Å². The molecule has 0 aromatic heterocycles. The second-order valence-electron chi connectivity index (χ2n) is 10.9. The normalized spacial score (nSPS) is 12.4. The van der Waals surface area contributed by atoms with Gasteiger partial charge in [0.15, 0.2) is 0 Å². The highest BCUT2D eigenvalue weighted by Gasteiger charge is 2.23. The van der Waals surface area contributed by atoms with Crippen LogP contribution in [0, 0.1) is 0 Å². The van der Waals surface area contributed by atoms with Gasteiger partial charge in [-0.05, 0) is 105 Å². The Morgan fingerprint density at radius 3 is 1.24 bits per heavy atom. The van der Waals surface area contributed by atoms with E-state index in [2.05, 4.69) is 97.1 Å². The van der Waals surface area contributed by atoms with Gasteiger partial charge in [0.25, 0.3) is 0 Å². The number of anilines is 2. The van der Waals surface area contributed by atoms with Crippen LogP contribution in [0.25, 0.3) is 44.5 Å². The second-order valence-corrected chi connectivity index (χ2v) is 10.9. The molecule has 0 saturated carbocycles. The van der Waals surface area contributed by atoms with Crippen molar-refractivity contribution in [2.75, 3.05) is 11.5 Å². The quantitative estimate of drug-likeness (QED) is 0.224. The van der Waals surface area contributed by atoms with E-state index in [0.717, 1.165) is 58.0 Å². The van der Waals surface area contributed by atoms with E-state index in [9.17, 15) is 0 Å². The number of rotatable bonds is 4. The Balaban J connectivity index is 1.15. The van der Waals surface area contributed by atoms with Gasteiger partial charge in [0.1, 0.15) is 11.5 Å². The van der Waals surface area contributed by atoms with E-state index in [0.29, 0.717) is 0 Å². The van der Waals surface area contributed by atoms with Gasteiger partial charge < -0.3 is 16.2 Å². The van der Waals surface area contributed by atoms with Crippen molar-refractivity contribution in [3.8, 4) is 56.0 Å². The monoisotopic (exact) mass is 528 g/mol. The maximum atomic E-state index is 6.55. The Kier molecular flexibility index (Phi) is 5.26. The van der Waals surface area contributed by atoms with Gasteiger partial charge in [-0.2, -0.15) is 0 Å². The summed E-state index contributed by atoms with van der Waals surface area (Å²) in [5.41, 5.74) is 29.4. The Morgan fingerprint density at radius 2 is 0.780 bits per heavy atom. The molecular weight excluding hydrogens is 500 g/mol. The van der Waals surface area contributed by atoms with Crippen LogP contribution in [0.1, 0.15) is 22.3 Å². The molecule has 0 aliphatic heterocycles. The summed E-state index contributed by atoms with van der Waals surface area (Å²) >= 11 is 0. The summed E-state index contributed by atoms with van der Waals surface area (Å²) in [6.45, 7) is 0. The molecule has 0 unspecified atom stereocenters. The minimum absolute atomic E-state index is 0.735. The Hall–Kier alpha value is -5.28. The van der Waals surface area contributed by atoms with Crippen LogP contribution in [-0.4, -0.2) is 0 Å². The maximum absolute atomic E-state index is 6.55. The zero-order valence-corrected chi connectivity index (χ0v) is 22.5. The van der Waals surface area contributed by atoms with Crippen molar-refractivity contribution in [2.45, 2.75) is 12.8 Å². The van der Waals surface area contributed by atoms with Crippen LogP contribution < -0.4 is 16.2 Å². The molecule has 0 fully saturated rings. The number of nitrogen functional groups attached to an aromatic ring is 2. The molecule has 4 N–H and O–H groups in total. The number of ether oxygens (including phenoxy) is 1. The van der Waals surface area contributed by atoms with Crippen molar-refractivity contribution in [3.63, 3.8) is 0 Å². The zero-order chi connectivity index (χ0) is 27.5. The maximum Gasteiger partial charge on any atom is 0.128 e. The average molecular weight is 529 g/mol. The molecule has 8 rings (SSSR count). The lowest BCUT2D eigenvalue weighted by Gasteiger charge is -2.15. The first-order valence-corrected chi connectivity index (χ1v) is 14.0. The van der Waals surface area contributed by atoms with Gasteiger partial charge in [0, 0.05) is 22.5 Å². The second kappa shape index (κ2) is 9.14. The zero-order valence-electron chi connectivity index (χ0n) is 22.5. The standard InChI is InChI=1S/C38H28N2O/c39-37-17-15-25(21-35(37)31-13-5-11-29-27-9-3-1-7-23(27)19-33(29)31)41-26-16-18-38(40)36(22-26)32-14-6-12-30-28-10-4-2-8-24(28)20-34(30)32/h1-18,21-22H,19-20,39-40H2. The first-order chi connectivity index (χ1) is 20.1. The Labute approximate surface area is 239 Å². The largest absolute Gasteiger partial charge is 0.457 e. The Morgan fingerprint density at radius 1 is 0.390 bits per heavy atom. The summed E-state index contributed by atoms with van der Waals surface area (Å²) in [6, 6.07) is 42.1. The SMILES string of the molecule is Nc1ccc(Oc2ccc(N)c(-c3cccc4c3Cc3ccccc3-4)c2)cc1-c1cccc2c1Cc1ccccc1-2. The molecule has 0 saturated heterocycles. The molecule has 41 heavy (non-hydrogen) atoms. The lowest BCUT2D eigenvalue weighted by Crippen LogP contribution is -1.96. The summed E-state index contributed by atoms with van der Waals surface area (Å²) < 4.78 is 6.46. The first kappa shape index (κ1) is 23.6. The van der Waals surface area contributed by atoms with E-state index >= 15 is 0 Å². The molecule has 0 bridgehead atoms. The number of hydrogen-bond acceptors (Lipinski definition) is 3. The van der Waals surface area contributed by atoms with Crippen LogP contribution in [0.15, 0.2) is 121 Å². The van der Waals surface area contributed by atoms with Crippen molar-refractivity contribution in [1.82, 2.24) is 0 Å². The van der Waals surface area contributed by atoms with Gasteiger partial charge in [-0.3, -0.25) is 0 Å². The molecule has 0 atom stereocenters. The smallest absolute Gasteiger partial charge is 0.128 e. The molecule has 0 amide bonds. The predicted octanol–water partition coefficient (Wildman–Crippen LogP) is 9.12. The minimum atomic E-state index is 0.735. The van der Waals surface area contributed by atoms with Crippen molar-refractivity contribution < 1.29 is 4.74 Å². The number of benzene rings is 6. The van der Waals surface area contributed by atoms with Gasteiger partial charge in [-0.25, -0.2) is 0 Å². The molecule has 6 aromatic rings. The molecular formula is C38H28N2O. The third-order valence-electron chi connectivity index (χ3n) is 8.57. The summed E-state index contributed by atoms with van der Waals surface area (Å²) in [5, 5.41) is 0.